The zero-order valence-corrected chi connectivity index (χ0v) is 53.9. The lowest BCUT2D eigenvalue weighted by Crippen LogP contribution is -2.06. The van der Waals surface area contributed by atoms with Crippen molar-refractivity contribution in [3.63, 3.8) is 0 Å². The molecule has 7 aromatic carbocycles. The van der Waals surface area contributed by atoms with Crippen molar-refractivity contribution in [3.05, 3.63) is 330 Å². The maximum Gasteiger partial charge on any atom is 0.222 e. The Balaban J connectivity index is 0.000000145. The minimum atomic E-state index is -3.34. The number of hydrogen-bond donors (Lipinski definition) is 4. The van der Waals surface area contributed by atoms with Crippen LogP contribution in [0.2, 0.25) is 0 Å². The highest BCUT2D eigenvalue weighted by molar-refractivity contribution is 7.98. The highest BCUT2D eigenvalue weighted by Crippen LogP contribution is 2.25. The van der Waals surface area contributed by atoms with E-state index in [1.807, 2.05) is 121 Å². The molecule has 12 rings (SSSR count). The van der Waals surface area contributed by atoms with Gasteiger partial charge < -0.3 is 21.3 Å². The van der Waals surface area contributed by atoms with Crippen molar-refractivity contribution in [2.45, 2.75) is 75.8 Å². The monoisotopic (exact) mass is 1290 g/mol. The van der Waals surface area contributed by atoms with Crippen molar-refractivity contribution >= 4 is 68.0 Å². The van der Waals surface area contributed by atoms with E-state index < -0.39 is 20.6 Å². The van der Waals surface area contributed by atoms with E-state index in [4.69, 9.17) is 0 Å². The molecule has 0 aliphatic heterocycles. The van der Waals surface area contributed by atoms with Crippen LogP contribution in [-0.2, 0) is 69.8 Å². The van der Waals surface area contributed by atoms with Gasteiger partial charge in [0.05, 0.1) is 27.2 Å². The Morgan fingerprint density at radius 2 is 0.728 bits per heavy atom. The highest BCUT2D eigenvalue weighted by Gasteiger charge is 2.16. The van der Waals surface area contributed by atoms with Gasteiger partial charge in [0.15, 0.2) is 9.84 Å². The number of thioether (sulfide) groups is 2. The van der Waals surface area contributed by atoms with Crippen LogP contribution < -0.4 is 21.3 Å². The Labute approximate surface area is 549 Å². The first-order valence-electron chi connectivity index (χ1n) is 29.4. The van der Waals surface area contributed by atoms with Crippen LogP contribution in [0, 0.1) is 6.92 Å². The van der Waals surface area contributed by atoms with Gasteiger partial charge in [-0.15, -0.1) is 23.5 Å². The van der Waals surface area contributed by atoms with Gasteiger partial charge >= 0.3 is 0 Å². The van der Waals surface area contributed by atoms with Gasteiger partial charge in [-0.1, -0.05) is 152 Å². The summed E-state index contributed by atoms with van der Waals surface area (Å²) in [6, 6.07) is 73.3. The fourth-order valence-electron chi connectivity index (χ4n) is 8.56. The van der Waals surface area contributed by atoms with Crippen LogP contribution in [0.25, 0.3) is 0 Å². The molecule has 0 aliphatic carbocycles. The molecule has 4 N–H and O–H groups in total. The number of benzene rings is 7. The summed E-state index contributed by atoms with van der Waals surface area (Å²) in [5.41, 5.74) is 9.98. The molecule has 0 radical (unpaired) electrons. The van der Waals surface area contributed by atoms with Gasteiger partial charge in [0, 0.05) is 103 Å². The Morgan fingerprint density at radius 3 is 1.17 bits per heavy atom. The molecule has 92 heavy (non-hydrogen) atoms. The number of aromatic nitrogens is 9. The van der Waals surface area contributed by atoms with Crippen molar-refractivity contribution in [3.8, 4) is 0 Å². The fourth-order valence-corrected chi connectivity index (χ4v) is 12.8. The van der Waals surface area contributed by atoms with Crippen LogP contribution in [-0.4, -0.2) is 57.5 Å². The van der Waals surface area contributed by atoms with E-state index in [1.54, 1.807) is 92.2 Å². The third-order valence-electron chi connectivity index (χ3n) is 13.3. The van der Waals surface area contributed by atoms with Gasteiger partial charge in [-0.05, 0) is 130 Å². The first kappa shape index (κ1) is 66.4. The Bertz CT molecular complexity index is 4070. The van der Waals surface area contributed by atoms with Crippen LogP contribution in [0.4, 0.5) is 23.8 Å². The molecule has 1 unspecified atom stereocenters. The molecule has 1 atom stereocenters. The lowest BCUT2D eigenvalue weighted by molar-refractivity contribution is 0.595. The molecule has 12 aromatic rings. The molecule has 0 amide bonds. The van der Waals surface area contributed by atoms with Gasteiger partial charge in [-0.2, -0.15) is 0 Å². The molecular weight excluding hydrogens is 1220 g/mol. The molecule has 0 saturated heterocycles. The molecule has 5 heterocycles. The van der Waals surface area contributed by atoms with Gasteiger partial charge in [0.25, 0.3) is 0 Å². The Morgan fingerprint density at radius 1 is 0.348 bits per heavy atom. The molecule has 0 aliphatic rings. The fraction of sp³-hybridized carbons (Fsp3) is 0.125. The molecule has 20 heteroatoms. The Hall–Kier alpha value is -9.99. The van der Waals surface area contributed by atoms with Crippen LogP contribution in [0.1, 0.15) is 50.1 Å². The minimum Gasteiger partial charge on any atom is -0.350 e. The lowest BCUT2D eigenvalue weighted by Gasteiger charge is -2.08. The average molecular weight is 1290 g/mol. The number of pyridine rings is 1. The van der Waals surface area contributed by atoms with E-state index in [-0.39, 0.29) is 5.75 Å². The summed E-state index contributed by atoms with van der Waals surface area (Å²) >= 11 is 3.71. The van der Waals surface area contributed by atoms with Crippen molar-refractivity contribution in [1.29, 1.82) is 0 Å². The number of nitrogens with zero attached hydrogens (tertiary/aromatic N) is 9. The standard InChI is InChI=1S/C19H19N3O2S.2C18H17N3S.C17H16N4OS/c1-15-4-2-5-18(12-15)25(23,24)14-17-8-6-16(7-9-17)13-22-19-20-10-3-11-21-19;1-2-8-17(9-3-1)22-14-16-7-4-6-15(12-16)13-21-18-19-10-5-11-20-18;1-2-5-17(6-3-1)22-14-16-9-7-15(8-10-16)13-21-18-19-11-4-12-20-18;22-23(16-4-1-2-9-18-16)13-15-7-5-14(6-8-15)12-21-17-19-10-3-11-20-17/h2-12H,13-14H2,1H3,(H,20,21,22);2*1-12H,13-14H2,(H,19,20,21);1-11H,12-13H2,(H,19,20,21). The van der Waals surface area contributed by atoms with Crippen LogP contribution in [0.5, 0.6) is 0 Å². The molecular formula is C72H69N13O3S4. The summed E-state index contributed by atoms with van der Waals surface area (Å²) in [5, 5.41) is 13.3. The molecule has 464 valence electrons. The SMILES string of the molecule is Cc1cccc(S(=O)(=O)Cc2ccc(CNc3ncccn3)cc2)c1.O=S(Cc1ccc(CNc2ncccn2)cc1)c1ccccn1.c1ccc(SCc2ccc(CNc3ncccn3)cc2)cc1.c1ccc(SCc2cccc(CNc3ncccn3)c2)cc1. The van der Waals surface area contributed by atoms with Gasteiger partial charge in [0.2, 0.25) is 23.8 Å². The molecule has 5 aromatic heterocycles. The maximum atomic E-state index is 12.5. The molecule has 0 saturated carbocycles. The van der Waals surface area contributed by atoms with Crippen LogP contribution in [0.15, 0.2) is 300 Å². The number of nitrogens with one attached hydrogen (secondary N) is 4. The summed E-state index contributed by atoms with van der Waals surface area (Å²) in [6.07, 6.45) is 15.4. The van der Waals surface area contributed by atoms with Crippen LogP contribution >= 0.6 is 23.5 Å². The van der Waals surface area contributed by atoms with Gasteiger partial charge in [0.1, 0.15) is 5.03 Å². The van der Waals surface area contributed by atoms with Crippen molar-refractivity contribution < 1.29 is 12.6 Å². The smallest absolute Gasteiger partial charge is 0.222 e. The molecule has 0 spiro atoms. The lowest BCUT2D eigenvalue weighted by atomic mass is 10.1. The van der Waals surface area contributed by atoms with E-state index in [1.165, 1.54) is 32.0 Å². The van der Waals surface area contributed by atoms with Crippen molar-refractivity contribution in [1.82, 2.24) is 44.9 Å². The van der Waals surface area contributed by atoms with Crippen molar-refractivity contribution in [2.24, 2.45) is 0 Å². The number of rotatable bonds is 24. The molecule has 0 bridgehead atoms. The van der Waals surface area contributed by atoms with E-state index in [0.29, 0.717) is 52.6 Å². The van der Waals surface area contributed by atoms with E-state index >= 15 is 0 Å². The number of sulfone groups is 1. The maximum absolute atomic E-state index is 12.5. The summed E-state index contributed by atoms with van der Waals surface area (Å²) in [4.78, 5) is 40.1. The van der Waals surface area contributed by atoms with Crippen molar-refractivity contribution in [2.75, 3.05) is 21.3 Å². The zero-order chi connectivity index (χ0) is 63.7. The third kappa shape index (κ3) is 23.8. The number of aryl methyl sites for hydroxylation is 1. The quantitative estimate of drug-likeness (QED) is 0.0414. The third-order valence-corrected chi connectivity index (χ3v) is 18.5. The minimum absolute atomic E-state index is 0.00798. The number of anilines is 4. The second-order valence-corrected chi connectivity index (χ2v) is 25.9. The normalized spacial score (nSPS) is 11.0. The predicted molar refractivity (Wildman–Crippen MR) is 372 cm³/mol. The van der Waals surface area contributed by atoms with E-state index in [0.717, 1.165) is 52.4 Å². The molecule has 16 nitrogen and oxygen atoms in total. The van der Waals surface area contributed by atoms with E-state index in [9.17, 15) is 12.6 Å². The second kappa shape index (κ2) is 36.6. The summed E-state index contributed by atoms with van der Waals surface area (Å²) in [6.45, 7) is 4.57. The predicted octanol–water partition coefficient (Wildman–Crippen LogP) is 14.9. The van der Waals surface area contributed by atoms with Gasteiger partial charge in [-0.25, -0.2) is 53.3 Å². The second-order valence-electron chi connectivity index (χ2n) is 20.4. The van der Waals surface area contributed by atoms with Crippen LogP contribution in [0.3, 0.4) is 0 Å². The highest BCUT2D eigenvalue weighted by atomic mass is 32.2. The van der Waals surface area contributed by atoms with Gasteiger partial charge in [-0.3, -0.25) is 4.21 Å². The van der Waals surface area contributed by atoms with E-state index in [2.05, 4.69) is 163 Å². The topological polar surface area (TPSA) is 215 Å². The molecule has 0 fully saturated rings. The zero-order valence-electron chi connectivity index (χ0n) is 50.6. The summed E-state index contributed by atoms with van der Waals surface area (Å²) in [7, 11) is -4.46. The number of hydrogen-bond acceptors (Lipinski definition) is 18. The summed E-state index contributed by atoms with van der Waals surface area (Å²) < 4.78 is 37.3. The average Bonchev–Trinajstić information content (AvgIpc) is 1.15. The first-order chi connectivity index (χ1) is 45.1. The summed E-state index contributed by atoms with van der Waals surface area (Å²) in [5.74, 6) is 4.90. The first-order valence-corrected chi connectivity index (χ1v) is 34.4. The Kier molecular flexibility index (Phi) is 26.4. The largest absolute Gasteiger partial charge is 0.350 e.